The predicted octanol–water partition coefficient (Wildman–Crippen LogP) is 8.05. The first-order valence-corrected chi connectivity index (χ1v) is 18.1. The molecule has 0 aliphatic carbocycles. The number of aromatic nitrogens is 3. The number of halogens is 1. The van der Waals surface area contributed by atoms with E-state index in [0.29, 0.717) is 22.5 Å². The number of hydrogen-bond donors (Lipinski definition) is 1. The van der Waals surface area contributed by atoms with E-state index in [1.54, 1.807) is 16.2 Å². The van der Waals surface area contributed by atoms with Crippen molar-refractivity contribution in [2.45, 2.75) is 64.2 Å². The van der Waals surface area contributed by atoms with Gasteiger partial charge < -0.3 is 19.5 Å². The van der Waals surface area contributed by atoms with Crippen molar-refractivity contribution in [2.24, 2.45) is 7.05 Å². The van der Waals surface area contributed by atoms with Crippen LogP contribution < -0.4 is 0 Å². The summed E-state index contributed by atoms with van der Waals surface area (Å²) in [5.74, 6) is -0.714. The topological polar surface area (TPSA) is 110 Å². The predicted molar refractivity (Wildman–Crippen MR) is 197 cm³/mol. The third-order valence-electron chi connectivity index (χ3n) is 9.87. The average molecular weight is 716 g/mol. The van der Waals surface area contributed by atoms with E-state index >= 15 is 0 Å². The third kappa shape index (κ3) is 6.48. The van der Waals surface area contributed by atoms with Gasteiger partial charge >= 0.3 is 12.1 Å². The van der Waals surface area contributed by atoms with Crippen molar-refractivity contribution in [3.05, 3.63) is 70.4 Å². The molecule has 5 aromatic rings. The second kappa shape index (κ2) is 13.3. The molecule has 7 rings (SSSR count). The number of fused-ring (bicyclic) bond motifs is 2. The van der Waals surface area contributed by atoms with Crippen LogP contribution in [0.3, 0.4) is 0 Å². The van der Waals surface area contributed by atoms with Crippen molar-refractivity contribution < 1.29 is 24.2 Å². The molecule has 1 unspecified atom stereocenters. The van der Waals surface area contributed by atoms with E-state index in [9.17, 15) is 14.7 Å². The highest BCUT2D eigenvalue weighted by molar-refractivity contribution is 7.22. The first-order chi connectivity index (χ1) is 23.8. The lowest BCUT2D eigenvalue weighted by Crippen LogP contribution is -2.62. The van der Waals surface area contributed by atoms with Crippen LogP contribution in [-0.2, 0) is 21.3 Å². The minimum Gasteiger partial charge on any atom is -0.479 e. The molecule has 1 amide bonds. The average Bonchev–Trinajstić information content (AvgIpc) is 3.63. The number of carboxylic acid groups (broad SMARTS) is 1. The molecule has 262 valence electrons. The van der Waals surface area contributed by atoms with E-state index in [-0.39, 0.29) is 6.09 Å². The normalized spacial score (nSPS) is 17.0. The Kier molecular flexibility index (Phi) is 9.13. The van der Waals surface area contributed by atoms with Gasteiger partial charge in [0.2, 0.25) is 0 Å². The molecule has 1 N–H and O–H groups in total. The molecule has 2 saturated heterocycles. The standard InChI is InChI=1S/C38H42ClN5O5S/c1-21-17-28-34(31(22-7-10-25(39)11-8-22)30(21)33(36(45)46)49-38(2,3)4)50-35(40-28)24-9-12-29-27(18-24)32(41-42(29)5)23-13-15-43(16-14-23)26-19-44(20-26)37(47)48-6/h7-12,17-18,23,26,33H,13-16,19-20H2,1-6H3,(H,45,46). The van der Waals surface area contributed by atoms with Crippen molar-refractivity contribution in [1.29, 1.82) is 0 Å². The maximum absolute atomic E-state index is 12.7. The molecule has 0 bridgehead atoms. The van der Waals surface area contributed by atoms with Gasteiger partial charge in [-0.15, -0.1) is 11.3 Å². The zero-order valence-corrected chi connectivity index (χ0v) is 30.8. The number of methoxy groups -OCH3 is 1. The number of likely N-dealkylation sites (tertiary alicyclic amines) is 2. The van der Waals surface area contributed by atoms with Gasteiger partial charge in [-0.05, 0) is 101 Å². The number of aryl methyl sites for hydroxylation is 2. The van der Waals surface area contributed by atoms with E-state index in [0.717, 1.165) is 93.1 Å². The van der Waals surface area contributed by atoms with Crippen LogP contribution in [0.25, 0.3) is 42.8 Å². The number of ether oxygens (including phenoxy) is 2. The summed E-state index contributed by atoms with van der Waals surface area (Å²) in [4.78, 5) is 33.9. The maximum Gasteiger partial charge on any atom is 0.409 e. The summed E-state index contributed by atoms with van der Waals surface area (Å²) in [6, 6.07) is 16.3. The van der Waals surface area contributed by atoms with E-state index in [2.05, 4.69) is 23.1 Å². The highest BCUT2D eigenvalue weighted by Gasteiger charge is 2.38. The molecule has 0 spiro atoms. The number of aliphatic carboxylic acids is 1. The summed E-state index contributed by atoms with van der Waals surface area (Å²) in [5.41, 5.74) is 6.36. The fourth-order valence-corrected chi connectivity index (χ4v) is 8.64. The fraction of sp³-hybridized carbons (Fsp3) is 0.421. The molecule has 50 heavy (non-hydrogen) atoms. The zero-order chi connectivity index (χ0) is 35.5. The summed E-state index contributed by atoms with van der Waals surface area (Å²) in [7, 11) is 3.42. The lowest BCUT2D eigenvalue weighted by Gasteiger charge is -2.46. The molecular weight excluding hydrogens is 674 g/mol. The summed E-state index contributed by atoms with van der Waals surface area (Å²) in [6.07, 6.45) is 0.573. The Bertz CT molecular complexity index is 2090. The molecule has 0 radical (unpaired) electrons. The van der Waals surface area contributed by atoms with Gasteiger partial charge in [0.1, 0.15) is 5.01 Å². The molecule has 2 aromatic heterocycles. The van der Waals surface area contributed by atoms with Crippen LogP contribution in [0.15, 0.2) is 48.5 Å². The number of carbonyl (C=O) groups excluding carboxylic acids is 1. The lowest BCUT2D eigenvalue weighted by atomic mass is 9.90. The minimum absolute atomic E-state index is 0.254. The van der Waals surface area contributed by atoms with Crippen LogP contribution in [0.2, 0.25) is 5.02 Å². The zero-order valence-electron chi connectivity index (χ0n) is 29.2. The highest BCUT2D eigenvalue weighted by Crippen LogP contribution is 2.45. The molecule has 4 heterocycles. The van der Waals surface area contributed by atoms with Gasteiger partial charge in [0, 0.05) is 59.2 Å². The number of nitrogens with zero attached hydrogens (tertiary/aromatic N) is 5. The quantitative estimate of drug-likeness (QED) is 0.180. The van der Waals surface area contributed by atoms with Crippen molar-refractivity contribution in [2.75, 3.05) is 33.3 Å². The van der Waals surface area contributed by atoms with Gasteiger partial charge in [-0.25, -0.2) is 14.6 Å². The SMILES string of the molecule is COC(=O)N1CC(N2CCC(c3nn(C)c4ccc(-c5nc6cc(C)c(C(OC(C)(C)C)C(=O)O)c(-c7ccc(Cl)cc7)c6s5)cc34)CC2)C1. The molecule has 1 atom stereocenters. The lowest BCUT2D eigenvalue weighted by molar-refractivity contribution is -0.160. The third-order valence-corrected chi connectivity index (χ3v) is 11.3. The van der Waals surface area contributed by atoms with Gasteiger partial charge in [-0.2, -0.15) is 5.10 Å². The number of rotatable bonds is 7. The Morgan fingerprint density at radius 3 is 2.36 bits per heavy atom. The Morgan fingerprint density at radius 1 is 1.04 bits per heavy atom. The number of benzene rings is 3. The number of thiazole rings is 1. The van der Waals surface area contributed by atoms with Crippen LogP contribution in [0.5, 0.6) is 0 Å². The Morgan fingerprint density at radius 2 is 1.72 bits per heavy atom. The van der Waals surface area contributed by atoms with Crippen molar-refractivity contribution in [3.8, 4) is 21.7 Å². The maximum atomic E-state index is 12.7. The van der Waals surface area contributed by atoms with Gasteiger partial charge in [-0.1, -0.05) is 23.7 Å². The number of amides is 1. The molecule has 0 saturated carbocycles. The summed E-state index contributed by atoms with van der Waals surface area (Å²) in [5, 5.41) is 18.0. The molecule has 2 fully saturated rings. The molecular formula is C38H42ClN5O5S. The van der Waals surface area contributed by atoms with Crippen molar-refractivity contribution >= 4 is 56.1 Å². The molecule has 2 aliphatic rings. The first kappa shape index (κ1) is 34.4. The highest BCUT2D eigenvalue weighted by atomic mass is 35.5. The van der Waals surface area contributed by atoms with E-state index < -0.39 is 17.7 Å². The van der Waals surface area contributed by atoms with Crippen LogP contribution in [0.1, 0.15) is 62.5 Å². The molecule has 10 nitrogen and oxygen atoms in total. The van der Waals surface area contributed by atoms with Gasteiger partial charge in [0.25, 0.3) is 0 Å². The van der Waals surface area contributed by atoms with Crippen molar-refractivity contribution in [3.63, 3.8) is 0 Å². The van der Waals surface area contributed by atoms with E-state index in [1.807, 2.05) is 69.8 Å². The van der Waals surface area contributed by atoms with Crippen molar-refractivity contribution in [1.82, 2.24) is 24.6 Å². The second-order valence-electron chi connectivity index (χ2n) is 14.4. The number of piperidine rings is 1. The van der Waals surface area contributed by atoms with Crippen LogP contribution in [-0.4, -0.2) is 86.7 Å². The number of carbonyl (C=O) groups is 2. The van der Waals surface area contributed by atoms with Gasteiger partial charge in [0.05, 0.1) is 34.1 Å². The number of hydrogen-bond acceptors (Lipinski definition) is 8. The smallest absolute Gasteiger partial charge is 0.409 e. The fourth-order valence-electron chi connectivity index (χ4n) is 7.39. The van der Waals surface area contributed by atoms with Crippen LogP contribution >= 0.6 is 22.9 Å². The van der Waals surface area contributed by atoms with Crippen LogP contribution in [0.4, 0.5) is 4.79 Å². The summed E-state index contributed by atoms with van der Waals surface area (Å²) < 4.78 is 13.9. The van der Waals surface area contributed by atoms with E-state index in [1.165, 1.54) is 7.11 Å². The Balaban J connectivity index is 1.25. The van der Waals surface area contributed by atoms with Crippen LogP contribution in [0, 0.1) is 6.92 Å². The molecule has 3 aromatic carbocycles. The largest absolute Gasteiger partial charge is 0.479 e. The summed E-state index contributed by atoms with van der Waals surface area (Å²) in [6.45, 7) is 10.9. The summed E-state index contributed by atoms with van der Waals surface area (Å²) >= 11 is 7.84. The van der Waals surface area contributed by atoms with E-state index in [4.69, 9.17) is 31.2 Å². The Labute approximate surface area is 300 Å². The molecule has 12 heteroatoms. The Hall–Kier alpha value is -4.03. The van der Waals surface area contributed by atoms with Gasteiger partial charge in [0.15, 0.2) is 6.10 Å². The van der Waals surface area contributed by atoms with Gasteiger partial charge in [-0.3, -0.25) is 9.58 Å². The first-order valence-electron chi connectivity index (χ1n) is 17.0. The molecule has 2 aliphatic heterocycles. The minimum atomic E-state index is -1.17. The second-order valence-corrected chi connectivity index (χ2v) is 15.8. The number of carboxylic acids is 1. The monoisotopic (exact) mass is 715 g/mol.